The lowest BCUT2D eigenvalue weighted by atomic mass is 10.0. The van der Waals surface area contributed by atoms with Gasteiger partial charge in [0, 0.05) is 35.2 Å². The van der Waals surface area contributed by atoms with Gasteiger partial charge in [0.15, 0.2) is 0 Å². The van der Waals surface area contributed by atoms with Gasteiger partial charge in [-0.3, -0.25) is 14.4 Å². The number of aromatic nitrogens is 1. The molecule has 2 aliphatic heterocycles. The Kier molecular flexibility index (Phi) is 8.06. The summed E-state index contributed by atoms with van der Waals surface area (Å²) in [5.41, 5.74) is 6.33. The van der Waals surface area contributed by atoms with Crippen molar-refractivity contribution >= 4 is 51.6 Å². The molecule has 3 amide bonds. The van der Waals surface area contributed by atoms with Crippen LogP contribution in [0.3, 0.4) is 0 Å². The molecule has 0 saturated carbocycles. The first-order chi connectivity index (χ1) is 18.6. The largest absolute Gasteiger partial charge is 0.391 e. The topological polar surface area (TPSA) is 103 Å². The summed E-state index contributed by atoms with van der Waals surface area (Å²) in [4.78, 5) is 48.9. The van der Waals surface area contributed by atoms with Gasteiger partial charge in [0.25, 0.3) is 5.91 Å². The average Bonchev–Trinajstić information content (AvgIpc) is 3.60. The van der Waals surface area contributed by atoms with Gasteiger partial charge in [-0.15, -0.1) is 11.3 Å². The zero-order valence-corrected chi connectivity index (χ0v) is 25.0. The molecule has 2 aliphatic rings. The highest BCUT2D eigenvalue weighted by Gasteiger charge is 2.45. The fourth-order valence-corrected chi connectivity index (χ4v) is 6.74. The van der Waals surface area contributed by atoms with Gasteiger partial charge < -0.3 is 20.2 Å². The molecular weight excluding hydrogens is 627 g/mol. The van der Waals surface area contributed by atoms with Crippen molar-refractivity contribution in [2.24, 2.45) is 5.92 Å². The first kappa shape index (κ1) is 27.7. The number of rotatable bonds is 7. The molecule has 3 heterocycles. The van der Waals surface area contributed by atoms with Crippen molar-refractivity contribution in [3.63, 3.8) is 0 Å². The molecule has 1 unspecified atom stereocenters. The van der Waals surface area contributed by atoms with E-state index in [-0.39, 0.29) is 36.6 Å². The zero-order chi connectivity index (χ0) is 27.8. The molecule has 1 aromatic heterocycles. The van der Waals surface area contributed by atoms with E-state index in [1.807, 2.05) is 68.7 Å². The predicted octanol–water partition coefficient (Wildman–Crippen LogP) is 3.98. The minimum atomic E-state index is -0.799. The number of nitrogens with zero attached hydrogens (tertiary/aromatic N) is 3. The second-order valence-electron chi connectivity index (χ2n) is 10.5. The van der Waals surface area contributed by atoms with Gasteiger partial charge in [-0.25, -0.2) is 4.98 Å². The molecule has 3 atom stereocenters. The van der Waals surface area contributed by atoms with Crippen LogP contribution in [0, 0.1) is 16.4 Å². The summed E-state index contributed by atoms with van der Waals surface area (Å²) in [6.45, 7) is 6.51. The number of thiazole rings is 1. The number of amides is 3. The van der Waals surface area contributed by atoms with Crippen LogP contribution >= 0.6 is 33.9 Å². The predicted molar refractivity (Wildman–Crippen MR) is 158 cm³/mol. The van der Waals surface area contributed by atoms with Crippen LogP contribution < -0.4 is 5.32 Å². The van der Waals surface area contributed by atoms with Crippen LogP contribution in [0.2, 0.25) is 0 Å². The van der Waals surface area contributed by atoms with Crippen LogP contribution in [0.25, 0.3) is 10.4 Å². The third kappa shape index (κ3) is 5.59. The lowest BCUT2D eigenvalue weighted by Crippen LogP contribution is -2.55. The van der Waals surface area contributed by atoms with Gasteiger partial charge in [0.1, 0.15) is 12.1 Å². The van der Waals surface area contributed by atoms with Crippen LogP contribution in [0.1, 0.15) is 47.4 Å². The van der Waals surface area contributed by atoms with Crippen LogP contribution in [-0.4, -0.2) is 62.3 Å². The molecule has 0 radical (unpaired) electrons. The summed E-state index contributed by atoms with van der Waals surface area (Å²) >= 11 is 3.76. The minimum Gasteiger partial charge on any atom is -0.391 e. The first-order valence-electron chi connectivity index (χ1n) is 13.0. The van der Waals surface area contributed by atoms with Gasteiger partial charge in [-0.1, -0.05) is 44.2 Å². The highest BCUT2D eigenvalue weighted by atomic mass is 127. The number of aliphatic hydroxyl groups is 1. The highest BCUT2D eigenvalue weighted by molar-refractivity contribution is 14.1. The number of nitrogens with one attached hydrogen (secondary N) is 1. The van der Waals surface area contributed by atoms with Crippen LogP contribution in [0.15, 0.2) is 48.0 Å². The Morgan fingerprint density at radius 1 is 1.21 bits per heavy atom. The zero-order valence-electron chi connectivity index (χ0n) is 22.1. The summed E-state index contributed by atoms with van der Waals surface area (Å²) in [6, 6.07) is 12.2. The molecule has 2 aromatic carbocycles. The number of likely N-dealkylation sites (tertiary alicyclic amines) is 1. The SMILES string of the molecule is Cc1ncsc1-c1ccc(CNC(=O)[C@@H]2C[C@@H](O)CN2C(=O)C(C(C)C)N2Cc3ccc(I)cc3C2=O)cc1. The minimum absolute atomic E-state index is 0.0654. The summed E-state index contributed by atoms with van der Waals surface area (Å²) in [7, 11) is 0. The Labute approximate surface area is 245 Å². The fourth-order valence-electron chi connectivity index (χ4n) is 5.43. The molecule has 204 valence electrons. The van der Waals surface area contributed by atoms with E-state index in [4.69, 9.17) is 0 Å². The smallest absolute Gasteiger partial charge is 0.255 e. The number of carbonyl (C=O) groups is 3. The Bertz CT molecular complexity index is 1410. The number of benzene rings is 2. The molecule has 0 bridgehead atoms. The second kappa shape index (κ2) is 11.3. The van der Waals surface area contributed by atoms with Crippen molar-refractivity contribution in [1.29, 1.82) is 0 Å². The van der Waals surface area contributed by atoms with Crippen LogP contribution in [0.4, 0.5) is 0 Å². The number of hydrogen-bond donors (Lipinski definition) is 2. The van der Waals surface area contributed by atoms with Crippen molar-refractivity contribution in [1.82, 2.24) is 20.1 Å². The molecule has 2 N–H and O–H groups in total. The lowest BCUT2D eigenvalue weighted by Gasteiger charge is -2.35. The molecule has 10 heteroatoms. The standard InChI is InChI=1S/C29H31IN4O4S/c1-16(2)25(34-13-20-8-9-21(30)10-23(20)28(34)37)29(38)33-14-22(35)11-24(33)27(36)31-12-18-4-6-19(7-5-18)26-17(3)32-15-39-26/h4-10,15-16,22,24-25,35H,11-14H2,1-3H3,(H,31,36)/t22-,24+,25?/m1/s1. The van der Waals surface area contributed by atoms with E-state index in [1.54, 1.807) is 16.2 Å². The Hall–Kier alpha value is -2.83. The molecule has 39 heavy (non-hydrogen) atoms. The monoisotopic (exact) mass is 658 g/mol. The summed E-state index contributed by atoms with van der Waals surface area (Å²) in [5.74, 6) is -0.956. The number of halogens is 1. The maximum Gasteiger partial charge on any atom is 0.255 e. The third-order valence-corrected chi connectivity index (χ3v) is 9.07. The van der Waals surface area contributed by atoms with Gasteiger partial charge in [0.2, 0.25) is 11.8 Å². The second-order valence-corrected chi connectivity index (χ2v) is 12.6. The van der Waals surface area contributed by atoms with Crippen molar-refractivity contribution in [3.8, 4) is 10.4 Å². The molecule has 5 rings (SSSR count). The summed E-state index contributed by atoms with van der Waals surface area (Å²) in [5, 5.41) is 13.4. The molecule has 3 aromatic rings. The van der Waals surface area contributed by atoms with Crippen LogP contribution in [-0.2, 0) is 22.7 Å². The molecular formula is C29H31IN4O4S. The summed E-state index contributed by atoms with van der Waals surface area (Å²) in [6.07, 6.45) is -0.634. The third-order valence-electron chi connectivity index (χ3n) is 7.42. The Morgan fingerprint density at radius 3 is 2.62 bits per heavy atom. The highest BCUT2D eigenvalue weighted by Crippen LogP contribution is 2.31. The van der Waals surface area contributed by atoms with Crippen molar-refractivity contribution in [2.45, 2.75) is 58.5 Å². The number of aryl methyl sites for hydroxylation is 1. The summed E-state index contributed by atoms with van der Waals surface area (Å²) < 4.78 is 0.960. The quantitative estimate of drug-likeness (QED) is 0.374. The molecule has 0 spiro atoms. The van der Waals surface area contributed by atoms with E-state index in [0.717, 1.165) is 30.8 Å². The molecule has 0 aliphatic carbocycles. The maximum absolute atomic E-state index is 13.9. The van der Waals surface area contributed by atoms with Crippen molar-refractivity contribution < 1.29 is 19.5 Å². The molecule has 8 nitrogen and oxygen atoms in total. The average molecular weight is 659 g/mol. The van der Waals surface area contributed by atoms with Gasteiger partial charge in [-0.05, 0) is 64.3 Å². The fraction of sp³-hybridized carbons (Fsp3) is 0.379. The van der Waals surface area contributed by atoms with Gasteiger partial charge in [0.05, 0.1) is 22.2 Å². The lowest BCUT2D eigenvalue weighted by molar-refractivity contribution is -0.143. The Balaban J connectivity index is 1.28. The van der Waals surface area contributed by atoms with Crippen LogP contribution in [0.5, 0.6) is 0 Å². The first-order valence-corrected chi connectivity index (χ1v) is 14.9. The Morgan fingerprint density at radius 2 is 1.95 bits per heavy atom. The van der Waals surface area contributed by atoms with Crippen molar-refractivity contribution in [3.05, 3.63) is 73.9 Å². The maximum atomic E-state index is 13.9. The number of fused-ring (bicyclic) bond motifs is 1. The number of carbonyl (C=O) groups excluding carboxylic acids is 3. The van der Waals surface area contributed by atoms with E-state index in [2.05, 4.69) is 32.9 Å². The molecule has 1 fully saturated rings. The van der Waals surface area contributed by atoms with E-state index in [1.165, 1.54) is 4.90 Å². The van der Waals surface area contributed by atoms with Crippen molar-refractivity contribution in [2.75, 3.05) is 6.54 Å². The number of aliphatic hydroxyl groups excluding tert-OH is 1. The van der Waals surface area contributed by atoms with E-state index in [9.17, 15) is 19.5 Å². The van der Waals surface area contributed by atoms with E-state index >= 15 is 0 Å². The molecule has 1 saturated heterocycles. The number of hydrogen-bond acceptors (Lipinski definition) is 6. The normalized spacial score (nSPS) is 19.5. The van der Waals surface area contributed by atoms with Gasteiger partial charge >= 0.3 is 0 Å². The van der Waals surface area contributed by atoms with E-state index < -0.39 is 18.2 Å². The van der Waals surface area contributed by atoms with E-state index in [0.29, 0.717) is 18.7 Å². The number of β-amino-alcohol motifs (C(OH)–C–C–N with tert-alkyl or cyclic N) is 1. The van der Waals surface area contributed by atoms with Gasteiger partial charge in [-0.2, -0.15) is 0 Å².